The predicted octanol–water partition coefficient (Wildman–Crippen LogP) is 0.788. The summed E-state index contributed by atoms with van der Waals surface area (Å²) in [5.74, 6) is -2.18. The summed E-state index contributed by atoms with van der Waals surface area (Å²) in [5, 5.41) is 0.460. The van der Waals surface area contributed by atoms with Gasteiger partial charge in [-0.15, -0.1) is 0 Å². The number of benzene rings is 1. The number of imide groups is 1. The lowest BCUT2D eigenvalue weighted by molar-refractivity contribution is -0.0588. The van der Waals surface area contributed by atoms with E-state index in [1.165, 1.54) is 24.7 Å². The van der Waals surface area contributed by atoms with Crippen LogP contribution in [0.25, 0.3) is 0 Å². The maximum Gasteiger partial charge on any atom is 0.383 e. The molecule has 20 heavy (non-hydrogen) atoms. The SMILES string of the molecule is Cn1cnc(C(=O)ON2C(=O)c3ccccc3C2=O)c1. The van der Waals surface area contributed by atoms with E-state index in [1.54, 1.807) is 23.7 Å². The van der Waals surface area contributed by atoms with Crippen LogP contribution in [0.2, 0.25) is 0 Å². The third kappa shape index (κ3) is 1.76. The number of imidazole rings is 1. The second kappa shape index (κ2) is 4.30. The van der Waals surface area contributed by atoms with Crippen molar-refractivity contribution in [2.24, 2.45) is 7.05 Å². The van der Waals surface area contributed by atoms with Gasteiger partial charge in [-0.25, -0.2) is 9.78 Å². The van der Waals surface area contributed by atoms with Crippen molar-refractivity contribution in [3.63, 3.8) is 0 Å². The molecule has 0 aliphatic carbocycles. The van der Waals surface area contributed by atoms with Crippen molar-refractivity contribution < 1.29 is 19.2 Å². The Morgan fingerprint density at radius 2 is 1.75 bits per heavy atom. The second-order valence-electron chi connectivity index (χ2n) is 4.25. The monoisotopic (exact) mass is 271 g/mol. The minimum atomic E-state index is -0.861. The maximum atomic E-state index is 12.0. The van der Waals surface area contributed by atoms with E-state index in [9.17, 15) is 14.4 Å². The van der Waals surface area contributed by atoms with E-state index in [1.807, 2.05) is 0 Å². The van der Waals surface area contributed by atoms with Gasteiger partial charge in [0, 0.05) is 13.2 Å². The van der Waals surface area contributed by atoms with Crippen LogP contribution in [0.15, 0.2) is 36.8 Å². The van der Waals surface area contributed by atoms with Gasteiger partial charge in [0.05, 0.1) is 17.5 Å². The van der Waals surface area contributed by atoms with Crippen LogP contribution in [0.3, 0.4) is 0 Å². The molecule has 0 saturated carbocycles. The molecule has 7 heteroatoms. The highest BCUT2D eigenvalue weighted by molar-refractivity contribution is 6.21. The Morgan fingerprint density at radius 3 is 2.25 bits per heavy atom. The molecule has 2 aromatic rings. The number of hydrogen-bond donors (Lipinski definition) is 0. The fraction of sp³-hybridized carbons (Fsp3) is 0.0769. The number of aromatic nitrogens is 2. The van der Waals surface area contributed by atoms with Crippen molar-refractivity contribution in [1.29, 1.82) is 0 Å². The number of hydrogen-bond acceptors (Lipinski definition) is 5. The molecule has 2 amide bonds. The van der Waals surface area contributed by atoms with E-state index in [4.69, 9.17) is 4.84 Å². The Kier molecular flexibility index (Phi) is 2.60. The molecule has 0 bridgehead atoms. The minimum absolute atomic E-state index is 0.0176. The van der Waals surface area contributed by atoms with Crippen molar-refractivity contribution in [3.8, 4) is 0 Å². The van der Waals surface area contributed by atoms with Gasteiger partial charge in [0.25, 0.3) is 11.8 Å². The molecule has 1 aliphatic heterocycles. The maximum absolute atomic E-state index is 12.0. The highest BCUT2D eigenvalue weighted by atomic mass is 16.7. The van der Waals surface area contributed by atoms with E-state index in [0.717, 1.165) is 0 Å². The zero-order valence-corrected chi connectivity index (χ0v) is 10.4. The Balaban J connectivity index is 1.85. The first-order valence-electron chi connectivity index (χ1n) is 5.76. The van der Waals surface area contributed by atoms with Gasteiger partial charge < -0.3 is 9.40 Å². The lowest BCUT2D eigenvalue weighted by atomic mass is 10.1. The molecule has 7 nitrogen and oxygen atoms in total. The van der Waals surface area contributed by atoms with E-state index < -0.39 is 17.8 Å². The third-order valence-electron chi connectivity index (χ3n) is 2.85. The first-order valence-corrected chi connectivity index (χ1v) is 5.76. The molecule has 0 unspecified atom stereocenters. The number of aryl methyl sites for hydroxylation is 1. The van der Waals surface area contributed by atoms with E-state index in [0.29, 0.717) is 5.06 Å². The predicted molar refractivity (Wildman–Crippen MR) is 65.6 cm³/mol. The molecule has 100 valence electrons. The highest BCUT2D eigenvalue weighted by Gasteiger charge is 2.39. The average molecular weight is 271 g/mol. The molecule has 3 rings (SSSR count). The van der Waals surface area contributed by atoms with Crippen molar-refractivity contribution in [3.05, 3.63) is 53.6 Å². The summed E-state index contributed by atoms with van der Waals surface area (Å²) in [5.41, 5.74) is 0.446. The standard InChI is InChI=1S/C13H9N3O4/c1-15-6-10(14-7-15)13(19)20-16-11(17)8-4-2-3-5-9(8)12(16)18/h2-7H,1H3. The molecule has 0 spiro atoms. The lowest BCUT2D eigenvalue weighted by Crippen LogP contribution is -2.32. The van der Waals surface area contributed by atoms with Crippen LogP contribution >= 0.6 is 0 Å². The van der Waals surface area contributed by atoms with Crippen LogP contribution in [0.1, 0.15) is 31.2 Å². The molecule has 1 aromatic heterocycles. The molecular formula is C13H9N3O4. The summed E-state index contributed by atoms with van der Waals surface area (Å²) in [6, 6.07) is 6.27. The molecule has 0 saturated heterocycles. The van der Waals surface area contributed by atoms with Crippen molar-refractivity contribution >= 4 is 17.8 Å². The molecule has 1 aliphatic rings. The smallest absolute Gasteiger partial charge is 0.340 e. The summed E-state index contributed by atoms with van der Waals surface area (Å²) < 4.78 is 1.55. The molecule has 0 N–H and O–H groups in total. The highest BCUT2D eigenvalue weighted by Crippen LogP contribution is 2.23. The van der Waals surface area contributed by atoms with Gasteiger partial charge in [0.1, 0.15) is 0 Å². The number of nitrogens with zero attached hydrogens (tertiary/aromatic N) is 3. The normalized spacial score (nSPS) is 13.6. The molecule has 0 radical (unpaired) electrons. The number of rotatable bonds is 2. The Bertz CT molecular complexity index is 700. The van der Waals surface area contributed by atoms with Gasteiger partial charge in [0.15, 0.2) is 5.69 Å². The number of carbonyl (C=O) groups is 3. The fourth-order valence-electron chi connectivity index (χ4n) is 1.90. The molecule has 0 atom stereocenters. The molecule has 1 aromatic carbocycles. The summed E-state index contributed by atoms with van der Waals surface area (Å²) in [7, 11) is 1.69. The number of hydroxylamine groups is 2. The van der Waals surface area contributed by atoms with Crippen molar-refractivity contribution in [2.75, 3.05) is 0 Å². The largest absolute Gasteiger partial charge is 0.383 e. The van der Waals surface area contributed by atoms with Crippen LogP contribution < -0.4 is 0 Å². The number of carbonyl (C=O) groups excluding carboxylic acids is 3. The first kappa shape index (κ1) is 12.1. The van der Waals surface area contributed by atoms with Crippen molar-refractivity contribution in [2.45, 2.75) is 0 Å². The molecule has 0 fully saturated rings. The first-order chi connectivity index (χ1) is 9.58. The second-order valence-corrected chi connectivity index (χ2v) is 4.25. The summed E-state index contributed by atoms with van der Waals surface area (Å²) in [4.78, 5) is 44.4. The van der Waals surface area contributed by atoms with Gasteiger partial charge in [-0.05, 0) is 12.1 Å². The van der Waals surface area contributed by atoms with Crippen LogP contribution in [0.4, 0.5) is 0 Å². The van der Waals surface area contributed by atoms with Gasteiger partial charge in [-0.3, -0.25) is 9.59 Å². The van der Waals surface area contributed by atoms with Gasteiger partial charge >= 0.3 is 5.97 Å². The molecule has 2 heterocycles. The van der Waals surface area contributed by atoms with E-state index in [2.05, 4.69) is 4.98 Å². The van der Waals surface area contributed by atoms with Gasteiger partial charge in [-0.2, -0.15) is 0 Å². The minimum Gasteiger partial charge on any atom is -0.340 e. The van der Waals surface area contributed by atoms with Crippen LogP contribution in [-0.2, 0) is 11.9 Å². The Hall–Kier alpha value is -2.96. The number of amides is 2. The third-order valence-corrected chi connectivity index (χ3v) is 2.85. The molecular weight excluding hydrogens is 262 g/mol. The Morgan fingerprint density at radius 1 is 1.15 bits per heavy atom. The zero-order valence-electron chi connectivity index (χ0n) is 10.4. The summed E-state index contributed by atoms with van der Waals surface area (Å²) >= 11 is 0. The number of fused-ring (bicyclic) bond motifs is 1. The quantitative estimate of drug-likeness (QED) is 0.754. The average Bonchev–Trinajstić information content (AvgIpc) is 2.98. The summed E-state index contributed by atoms with van der Waals surface area (Å²) in [6.07, 6.45) is 2.85. The fourth-order valence-corrected chi connectivity index (χ4v) is 1.90. The van der Waals surface area contributed by atoms with Crippen molar-refractivity contribution in [1.82, 2.24) is 14.6 Å². The van der Waals surface area contributed by atoms with Crippen LogP contribution in [0.5, 0.6) is 0 Å². The summed E-state index contributed by atoms with van der Waals surface area (Å²) in [6.45, 7) is 0. The lowest BCUT2D eigenvalue weighted by Gasteiger charge is -2.11. The zero-order chi connectivity index (χ0) is 14.3. The van der Waals surface area contributed by atoms with E-state index in [-0.39, 0.29) is 16.8 Å². The Labute approximate surface area is 113 Å². The van der Waals surface area contributed by atoms with Crippen LogP contribution in [-0.4, -0.2) is 32.4 Å². The van der Waals surface area contributed by atoms with Crippen LogP contribution in [0, 0.1) is 0 Å². The van der Waals surface area contributed by atoms with Gasteiger partial charge in [-0.1, -0.05) is 17.2 Å². The van der Waals surface area contributed by atoms with Gasteiger partial charge in [0.2, 0.25) is 0 Å². The van der Waals surface area contributed by atoms with E-state index >= 15 is 0 Å². The topological polar surface area (TPSA) is 81.5 Å².